The van der Waals surface area contributed by atoms with Crippen molar-refractivity contribution in [1.82, 2.24) is 0 Å². The first-order valence-electron chi connectivity index (χ1n) is 5.95. The summed E-state index contributed by atoms with van der Waals surface area (Å²) >= 11 is 5.73. The van der Waals surface area contributed by atoms with Gasteiger partial charge in [-0.1, -0.05) is 18.0 Å². The number of hydrogen-bond donors (Lipinski definition) is 4. The number of nitrogens with two attached hydrogens (primary N) is 2. The number of halogens is 2. The monoisotopic (exact) mass is 273 g/mol. The molecule has 6 N–H and O–H groups in total. The molecule has 100 valence electrons. The van der Waals surface area contributed by atoms with Crippen molar-refractivity contribution in [3.63, 3.8) is 0 Å². The first kappa shape index (κ1) is 13.2. The highest BCUT2D eigenvalue weighted by Gasteiger charge is 2.25. The Balaban J connectivity index is 2.12. The average Bonchev–Trinajstić information content (AvgIpc) is 2.72. The molecule has 0 bridgehead atoms. The molecule has 18 heavy (non-hydrogen) atoms. The summed E-state index contributed by atoms with van der Waals surface area (Å²) in [5.41, 5.74) is 11.7. The first-order chi connectivity index (χ1) is 8.50. The van der Waals surface area contributed by atoms with Crippen molar-refractivity contribution in [2.75, 3.05) is 23.3 Å². The van der Waals surface area contributed by atoms with Crippen LogP contribution in [0.1, 0.15) is 19.3 Å². The Bertz CT molecular complexity index is 455. The number of benzene rings is 1. The summed E-state index contributed by atoms with van der Waals surface area (Å²) in [6.45, 7) is 0.475. The summed E-state index contributed by atoms with van der Waals surface area (Å²) in [5, 5.41) is 12.5. The number of hydrogen-bond acceptors (Lipinski definition) is 4. The molecule has 2 atom stereocenters. The smallest absolute Gasteiger partial charge is 0.169 e. The third-order valence-corrected chi connectivity index (χ3v) is 3.81. The van der Waals surface area contributed by atoms with Crippen molar-refractivity contribution in [3.8, 4) is 0 Å². The minimum atomic E-state index is -0.637. The van der Waals surface area contributed by atoms with E-state index in [1.54, 1.807) is 0 Å². The molecule has 1 aromatic carbocycles. The summed E-state index contributed by atoms with van der Waals surface area (Å²) in [5.74, 6) is -0.512. The molecule has 2 unspecified atom stereocenters. The quantitative estimate of drug-likeness (QED) is 0.636. The lowest BCUT2D eigenvalue weighted by Crippen LogP contribution is -2.22. The average molecular weight is 274 g/mol. The molecule has 0 heterocycles. The van der Waals surface area contributed by atoms with E-state index in [4.69, 9.17) is 23.1 Å². The summed E-state index contributed by atoms with van der Waals surface area (Å²) in [6.07, 6.45) is 2.39. The molecule has 2 rings (SSSR count). The van der Waals surface area contributed by atoms with Gasteiger partial charge in [0.05, 0.1) is 23.2 Å². The highest BCUT2D eigenvalue weighted by molar-refractivity contribution is 6.33. The molecule has 1 aliphatic carbocycles. The molecule has 0 radical (unpaired) electrons. The molecule has 1 aliphatic rings. The summed E-state index contributed by atoms with van der Waals surface area (Å²) in [4.78, 5) is 0. The van der Waals surface area contributed by atoms with E-state index in [1.165, 1.54) is 6.07 Å². The first-order valence-corrected chi connectivity index (χ1v) is 6.33. The molecule has 1 saturated carbocycles. The summed E-state index contributed by atoms with van der Waals surface area (Å²) in [6, 6.07) is 1.43. The van der Waals surface area contributed by atoms with Gasteiger partial charge in [-0.3, -0.25) is 0 Å². The molecule has 0 aliphatic heterocycles. The Morgan fingerprint density at radius 1 is 1.39 bits per heavy atom. The second kappa shape index (κ2) is 5.20. The van der Waals surface area contributed by atoms with Gasteiger partial charge in [0, 0.05) is 12.5 Å². The molecule has 0 amide bonds. The Kier molecular flexibility index (Phi) is 3.82. The van der Waals surface area contributed by atoms with Crippen LogP contribution in [0, 0.1) is 11.7 Å². The van der Waals surface area contributed by atoms with Crippen molar-refractivity contribution in [2.24, 2.45) is 5.92 Å². The van der Waals surface area contributed by atoms with Gasteiger partial charge in [0.2, 0.25) is 0 Å². The lowest BCUT2D eigenvalue weighted by atomic mass is 10.1. The van der Waals surface area contributed by atoms with Gasteiger partial charge in [-0.05, 0) is 18.9 Å². The Hall–Kier alpha value is -1.20. The zero-order valence-electron chi connectivity index (χ0n) is 9.92. The van der Waals surface area contributed by atoms with E-state index in [9.17, 15) is 9.50 Å². The van der Waals surface area contributed by atoms with Crippen LogP contribution in [0.5, 0.6) is 0 Å². The van der Waals surface area contributed by atoms with Crippen molar-refractivity contribution < 1.29 is 9.50 Å². The fourth-order valence-corrected chi connectivity index (χ4v) is 2.48. The Morgan fingerprint density at radius 3 is 2.72 bits per heavy atom. The van der Waals surface area contributed by atoms with Crippen LogP contribution in [0.25, 0.3) is 0 Å². The third-order valence-electron chi connectivity index (χ3n) is 3.43. The molecular formula is C12H17ClFN3O. The van der Waals surface area contributed by atoms with Gasteiger partial charge in [-0.2, -0.15) is 0 Å². The van der Waals surface area contributed by atoms with E-state index in [-0.39, 0.29) is 34.1 Å². The van der Waals surface area contributed by atoms with Crippen LogP contribution in [-0.2, 0) is 0 Å². The lowest BCUT2D eigenvalue weighted by molar-refractivity contribution is 0.138. The molecule has 0 spiro atoms. The van der Waals surface area contributed by atoms with Gasteiger partial charge < -0.3 is 21.9 Å². The predicted molar refractivity (Wildman–Crippen MR) is 72.1 cm³/mol. The standard InChI is InChI=1S/C12H17ClFN3O/c13-10-7(15)4-8(16)12(11(10)14)17-5-6-2-1-3-9(6)18/h4,6,9,17-18H,1-3,5,15-16H2. The Morgan fingerprint density at radius 2 is 2.11 bits per heavy atom. The largest absolute Gasteiger partial charge is 0.397 e. The number of nitrogens with one attached hydrogen (secondary N) is 1. The number of aliphatic hydroxyl groups is 1. The molecule has 0 aromatic heterocycles. The van der Waals surface area contributed by atoms with Crippen LogP contribution in [-0.4, -0.2) is 17.8 Å². The van der Waals surface area contributed by atoms with E-state index in [2.05, 4.69) is 5.32 Å². The van der Waals surface area contributed by atoms with E-state index in [0.29, 0.717) is 6.54 Å². The normalized spacial score (nSPS) is 23.3. The van der Waals surface area contributed by atoms with E-state index in [0.717, 1.165) is 19.3 Å². The highest BCUT2D eigenvalue weighted by atomic mass is 35.5. The van der Waals surface area contributed by atoms with Crippen LogP contribution in [0.15, 0.2) is 6.07 Å². The zero-order valence-corrected chi connectivity index (χ0v) is 10.7. The number of anilines is 3. The van der Waals surface area contributed by atoms with Crippen molar-refractivity contribution in [1.29, 1.82) is 0 Å². The molecule has 1 fully saturated rings. The second-order valence-corrected chi connectivity index (χ2v) is 5.08. The van der Waals surface area contributed by atoms with Crippen molar-refractivity contribution >= 4 is 28.7 Å². The van der Waals surface area contributed by atoms with Crippen molar-refractivity contribution in [3.05, 3.63) is 16.9 Å². The number of aliphatic hydroxyl groups excluding tert-OH is 1. The SMILES string of the molecule is Nc1cc(N)c(NCC2CCCC2O)c(F)c1Cl. The number of rotatable bonds is 3. The maximum absolute atomic E-state index is 13.9. The van der Waals surface area contributed by atoms with Crippen LogP contribution >= 0.6 is 11.6 Å². The van der Waals surface area contributed by atoms with Crippen LogP contribution in [0.3, 0.4) is 0 Å². The van der Waals surface area contributed by atoms with Crippen LogP contribution in [0.2, 0.25) is 5.02 Å². The number of nitrogen functional groups attached to an aromatic ring is 2. The zero-order chi connectivity index (χ0) is 13.3. The fraction of sp³-hybridized carbons (Fsp3) is 0.500. The van der Waals surface area contributed by atoms with Crippen molar-refractivity contribution in [2.45, 2.75) is 25.4 Å². The molecule has 4 nitrogen and oxygen atoms in total. The predicted octanol–water partition coefficient (Wildman–Crippen LogP) is 2.22. The highest BCUT2D eigenvalue weighted by Crippen LogP contribution is 2.34. The minimum absolute atomic E-state index is 0.123. The third kappa shape index (κ3) is 2.47. The molecule has 6 heteroatoms. The second-order valence-electron chi connectivity index (χ2n) is 4.70. The van der Waals surface area contributed by atoms with E-state index in [1.807, 2.05) is 0 Å². The van der Waals surface area contributed by atoms with Crippen LogP contribution in [0.4, 0.5) is 21.5 Å². The van der Waals surface area contributed by atoms with E-state index >= 15 is 0 Å². The molecular weight excluding hydrogens is 257 g/mol. The van der Waals surface area contributed by atoms with Gasteiger partial charge in [0.15, 0.2) is 5.82 Å². The lowest BCUT2D eigenvalue weighted by Gasteiger charge is -2.18. The molecule has 1 aromatic rings. The maximum atomic E-state index is 13.9. The Labute approximate surface area is 110 Å². The van der Waals surface area contributed by atoms with E-state index < -0.39 is 5.82 Å². The van der Waals surface area contributed by atoms with Gasteiger partial charge in [0.25, 0.3) is 0 Å². The van der Waals surface area contributed by atoms with Gasteiger partial charge in [-0.15, -0.1) is 0 Å². The van der Waals surface area contributed by atoms with Gasteiger partial charge >= 0.3 is 0 Å². The fourth-order valence-electron chi connectivity index (χ4n) is 2.33. The maximum Gasteiger partial charge on any atom is 0.169 e. The molecule has 0 saturated heterocycles. The summed E-state index contributed by atoms with van der Waals surface area (Å²) in [7, 11) is 0. The minimum Gasteiger partial charge on any atom is -0.397 e. The summed E-state index contributed by atoms with van der Waals surface area (Å²) < 4.78 is 13.9. The van der Waals surface area contributed by atoms with Crippen LogP contribution < -0.4 is 16.8 Å². The van der Waals surface area contributed by atoms with Gasteiger partial charge in [0.1, 0.15) is 5.02 Å². The topological polar surface area (TPSA) is 84.3 Å². The van der Waals surface area contributed by atoms with Gasteiger partial charge in [-0.25, -0.2) is 4.39 Å².